The highest BCUT2D eigenvalue weighted by molar-refractivity contribution is 5.88. The highest BCUT2D eigenvalue weighted by Gasteiger charge is 2.65. The lowest BCUT2D eigenvalue weighted by molar-refractivity contribution is -0.173. The summed E-state index contributed by atoms with van der Waals surface area (Å²) in [6.45, 7) is 6.81. The van der Waals surface area contributed by atoms with E-state index in [0.29, 0.717) is 67.4 Å². The summed E-state index contributed by atoms with van der Waals surface area (Å²) >= 11 is 0. The Morgan fingerprint density at radius 1 is 1.05 bits per heavy atom. The van der Waals surface area contributed by atoms with Gasteiger partial charge >= 0.3 is 5.97 Å². The molecule has 2 fully saturated rings. The number of hydrogen-bond acceptors (Lipinski definition) is 13. The van der Waals surface area contributed by atoms with Crippen LogP contribution in [0.5, 0.6) is 11.5 Å². The van der Waals surface area contributed by atoms with Gasteiger partial charge in [-0.1, -0.05) is 0 Å². The van der Waals surface area contributed by atoms with Crippen LogP contribution in [0.1, 0.15) is 85.6 Å². The number of phenolic OH excluding ortho intramolecular Hbond substituents is 1. The van der Waals surface area contributed by atoms with E-state index in [2.05, 4.69) is 22.2 Å². The van der Waals surface area contributed by atoms with Gasteiger partial charge in [0.05, 0.1) is 29.7 Å². The molecule has 0 radical (unpaired) electrons. The predicted molar refractivity (Wildman–Crippen MR) is 209 cm³/mol. The highest BCUT2D eigenvalue weighted by atomic mass is 16.7. The van der Waals surface area contributed by atoms with Crippen LogP contribution in [0.2, 0.25) is 0 Å². The van der Waals surface area contributed by atoms with E-state index >= 15 is 0 Å². The molecule has 10 rings (SSSR count). The van der Waals surface area contributed by atoms with Gasteiger partial charge in [0.15, 0.2) is 11.0 Å². The zero-order valence-corrected chi connectivity index (χ0v) is 31.7. The van der Waals surface area contributed by atoms with Crippen molar-refractivity contribution in [2.24, 2.45) is 4.99 Å². The van der Waals surface area contributed by atoms with Gasteiger partial charge in [-0.2, -0.15) is 0 Å². The normalized spacial score (nSPS) is 25.4. The third-order valence-electron chi connectivity index (χ3n) is 12.5. The Balaban J connectivity index is 0.892. The third-order valence-corrected chi connectivity index (χ3v) is 12.5. The van der Waals surface area contributed by atoms with E-state index in [1.54, 1.807) is 13.0 Å². The number of allylic oxidation sites excluding steroid dienone is 1. The molecule has 56 heavy (non-hydrogen) atoms. The first-order valence-electron chi connectivity index (χ1n) is 19.5. The number of carbonyl (C=O) groups is 1. The number of phenols is 1. The van der Waals surface area contributed by atoms with Gasteiger partial charge in [-0.05, 0) is 101 Å². The molecule has 5 N–H and O–H groups in total. The number of nitrogens with two attached hydrogens (primary N) is 2. The topological polar surface area (TPSA) is 192 Å². The molecule has 0 amide bonds. The molecular formula is C43H44N6O7. The lowest BCUT2D eigenvalue weighted by Crippen LogP contribution is -2.53. The fourth-order valence-electron chi connectivity index (χ4n) is 9.84. The second-order valence-electron chi connectivity index (χ2n) is 16.6. The molecule has 4 atom stereocenters. The van der Waals surface area contributed by atoms with Crippen molar-refractivity contribution in [2.75, 3.05) is 18.0 Å². The number of carbonyl (C=O) groups excluding carboxylic acids is 1. The Kier molecular flexibility index (Phi) is 7.70. The molecule has 1 spiro atoms. The summed E-state index contributed by atoms with van der Waals surface area (Å²) in [6.07, 6.45) is 10.3. The second kappa shape index (κ2) is 12.4. The Hall–Kier alpha value is -5.69. The summed E-state index contributed by atoms with van der Waals surface area (Å²) in [5.74, 6) is 0.817. The third kappa shape index (κ3) is 5.49. The van der Waals surface area contributed by atoms with Gasteiger partial charge in [-0.3, -0.25) is 9.79 Å². The van der Waals surface area contributed by atoms with Crippen LogP contribution in [0.25, 0.3) is 22.2 Å². The standard InChI is InChI=1S/C43H44N6O7/c1-21-14-30(50)36-31(53-21)17-32-35(38(36)51)27-8-5-12-43(41(52)54-39(27)42(2,3)55-32)33(56-43)10-9-22-15-34(44)48-37-25(22)6-4-7-26-28(37)16-24(47-40(26)45)19-49-18-23-11-13-46-29(23)20-49/h11,13-17,20,27,33,39,51H,4-10,12,18-19H2,1-3H3,(H2,44,48)(H2,45,47). The number of rotatable bonds is 5. The summed E-state index contributed by atoms with van der Waals surface area (Å²) in [6, 6.07) is 7.09. The Morgan fingerprint density at radius 3 is 2.73 bits per heavy atom. The highest BCUT2D eigenvalue weighted by Crippen LogP contribution is 2.54. The summed E-state index contributed by atoms with van der Waals surface area (Å²) in [5, 5.41) is 11.6. The number of aromatic hydroxyl groups is 1. The number of hydrogen-bond donors (Lipinski definition) is 3. The quantitative estimate of drug-likeness (QED) is 0.166. The van der Waals surface area contributed by atoms with E-state index in [9.17, 15) is 14.7 Å². The Morgan fingerprint density at radius 2 is 1.89 bits per heavy atom. The summed E-state index contributed by atoms with van der Waals surface area (Å²) in [5.41, 5.74) is 19.6. The molecule has 4 aromatic rings. The molecule has 1 aliphatic carbocycles. The van der Waals surface area contributed by atoms with Crippen LogP contribution in [0.3, 0.4) is 0 Å². The first-order chi connectivity index (χ1) is 26.9. The number of ether oxygens (including phenoxy) is 3. The molecule has 2 saturated heterocycles. The summed E-state index contributed by atoms with van der Waals surface area (Å²) in [4.78, 5) is 43.4. The van der Waals surface area contributed by atoms with Gasteiger partial charge in [0, 0.05) is 59.3 Å². The van der Waals surface area contributed by atoms with Crippen LogP contribution in [0.4, 0.5) is 11.6 Å². The van der Waals surface area contributed by atoms with E-state index in [1.807, 2.05) is 32.2 Å². The molecule has 3 aromatic heterocycles. The lowest BCUT2D eigenvalue weighted by atomic mass is 9.76. The summed E-state index contributed by atoms with van der Waals surface area (Å²) in [7, 11) is 0. The minimum absolute atomic E-state index is 0.0982. The van der Waals surface area contributed by atoms with Gasteiger partial charge in [0.1, 0.15) is 51.6 Å². The molecule has 8 heterocycles. The van der Waals surface area contributed by atoms with Gasteiger partial charge in [0.2, 0.25) is 0 Å². The van der Waals surface area contributed by atoms with Crippen molar-refractivity contribution in [3.63, 3.8) is 0 Å². The molecule has 0 saturated carbocycles. The van der Waals surface area contributed by atoms with Crippen molar-refractivity contribution in [2.45, 2.75) is 108 Å². The zero-order chi connectivity index (χ0) is 38.7. The van der Waals surface area contributed by atoms with Crippen LogP contribution in [-0.2, 0) is 40.1 Å². The van der Waals surface area contributed by atoms with Crippen molar-refractivity contribution < 1.29 is 28.5 Å². The number of nitrogens with zero attached hydrogens (tertiary/aromatic N) is 4. The van der Waals surface area contributed by atoms with Crippen LogP contribution in [0.15, 0.2) is 62.0 Å². The molecule has 0 bridgehead atoms. The summed E-state index contributed by atoms with van der Waals surface area (Å²) < 4.78 is 24.8. The number of aromatic nitrogens is 2. The van der Waals surface area contributed by atoms with Gasteiger partial charge in [0.25, 0.3) is 0 Å². The van der Waals surface area contributed by atoms with Crippen LogP contribution in [0, 0.1) is 6.92 Å². The number of aryl methyl sites for hydroxylation is 2. The van der Waals surface area contributed by atoms with Crippen LogP contribution in [-0.4, -0.2) is 62.1 Å². The van der Waals surface area contributed by atoms with Crippen molar-refractivity contribution >= 4 is 34.8 Å². The predicted octanol–water partition coefficient (Wildman–Crippen LogP) is 5.71. The average molecular weight is 757 g/mol. The molecule has 5 aliphatic heterocycles. The zero-order valence-electron chi connectivity index (χ0n) is 31.7. The van der Waals surface area contributed by atoms with Crippen LogP contribution < -0.4 is 21.6 Å². The molecule has 6 aliphatic rings. The fourth-order valence-corrected chi connectivity index (χ4v) is 9.84. The number of fused-ring (bicyclic) bond motifs is 8. The maximum atomic E-state index is 14.1. The molecule has 4 unspecified atom stereocenters. The van der Waals surface area contributed by atoms with Crippen molar-refractivity contribution in [3.8, 4) is 22.8 Å². The van der Waals surface area contributed by atoms with Gasteiger partial charge in [-0.25, -0.2) is 14.8 Å². The van der Waals surface area contributed by atoms with Crippen LogP contribution >= 0.6 is 0 Å². The van der Waals surface area contributed by atoms with Crippen molar-refractivity contribution in [3.05, 3.63) is 91.7 Å². The van der Waals surface area contributed by atoms with E-state index in [0.717, 1.165) is 65.1 Å². The molecule has 13 heteroatoms. The number of esters is 1. The Labute approximate surface area is 323 Å². The van der Waals surface area contributed by atoms with E-state index in [1.165, 1.54) is 11.6 Å². The SMILES string of the molecule is Cc1cc(=O)c2c(O)c3c(cc2o1)OC(C)(C)C1OC(=O)C2(CCCC31)OC2CCc1cc(N)nc2c1CCCc1c-2cc(CN2C=C3N=CC=C3C2)nc1N. The maximum absolute atomic E-state index is 14.1. The van der Waals surface area contributed by atoms with Gasteiger partial charge < -0.3 is 40.1 Å². The largest absolute Gasteiger partial charge is 0.507 e. The lowest BCUT2D eigenvalue weighted by Gasteiger charge is -2.45. The fraction of sp³-hybridized carbons (Fsp3) is 0.419. The number of aliphatic imine (C=N–C) groups is 1. The minimum Gasteiger partial charge on any atom is -0.507 e. The van der Waals surface area contributed by atoms with E-state index in [4.69, 9.17) is 40.1 Å². The monoisotopic (exact) mass is 756 g/mol. The number of anilines is 2. The number of pyridine rings is 2. The second-order valence-corrected chi connectivity index (χ2v) is 16.6. The average Bonchev–Trinajstić information content (AvgIpc) is 3.55. The number of benzene rings is 1. The smallest absolute Gasteiger partial charge is 0.341 e. The molecular weight excluding hydrogens is 713 g/mol. The van der Waals surface area contributed by atoms with Gasteiger partial charge in [-0.15, -0.1) is 0 Å². The number of nitrogen functional groups attached to an aromatic ring is 2. The molecule has 1 aromatic carbocycles. The number of epoxide rings is 1. The first-order valence-corrected chi connectivity index (χ1v) is 19.5. The Bertz CT molecular complexity index is 2540. The maximum Gasteiger partial charge on any atom is 0.341 e. The van der Waals surface area contributed by atoms with Crippen molar-refractivity contribution in [1.82, 2.24) is 14.9 Å². The van der Waals surface area contributed by atoms with E-state index < -0.39 is 23.3 Å². The molecule has 288 valence electrons. The molecule has 13 nitrogen and oxygen atoms in total. The minimum atomic E-state index is -1.06. The first kappa shape index (κ1) is 34.8. The van der Waals surface area contributed by atoms with Crippen molar-refractivity contribution in [1.29, 1.82) is 0 Å². The van der Waals surface area contributed by atoms with E-state index in [-0.39, 0.29) is 34.2 Å².